The van der Waals surface area contributed by atoms with Crippen molar-refractivity contribution in [2.24, 2.45) is 5.10 Å². The summed E-state index contributed by atoms with van der Waals surface area (Å²) in [5.41, 5.74) is 6.09. The maximum atomic E-state index is 6.01. The molecular weight excluding hydrogens is 356 g/mol. The van der Waals surface area contributed by atoms with Crippen molar-refractivity contribution in [2.75, 3.05) is 11.3 Å². The molecule has 0 aliphatic carbocycles. The first-order valence-electron chi connectivity index (χ1n) is 7.55. The molecule has 0 fully saturated rings. The van der Waals surface area contributed by atoms with Crippen LogP contribution in [0.25, 0.3) is 0 Å². The van der Waals surface area contributed by atoms with Crippen molar-refractivity contribution >= 4 is 35.5 Å². The standard InChI is InChI=1S/C17H17ClN6S/c1-12-5-7-13(8-6-12)11-25-17-23-22-16(24(17)19)21-20-10-14-3-2-4-15(18)9-14/h2-10H,11,19H2,1H3,(H,21,22)/b20-10+. The monoisotopic (exact) mass is 372 g/mol. The Kier molecular flexibility index (Phi) is 5.57. The highest BCUT2D eigenvalue weighted by Gasteiger charge is 2.09. The number of nitrogens with one attached hydrogen (secondary N) is 1. The van der Waals surface area contributed by atoms with Crippen molar-refractivity contribution < 1.29 is 0 Å². The van der Waals surface area contributed by atoms with Crippen LogP contribution in [0.3, 0.4) is 0 Å². The number of hydrogen-bond donors (Lipinski definition) is 2. The number of hydrazone groups is 1. The van der Waals surface area contributed by atoms with E-state index in [1.807, 2.05) is 18.2 Å². The number of anilines is 1. The second-order valence-electron chi connectivity index (χ2n) is 5.38. The molecule has 25 heavy (non-hydrogen) atoms. The first-order valence-corrected chi connectivity index (χ1v) is 8.91. The maximum absolute atomic E-state index is 6.01. The Bertz CT molecular complexity index is 875. The third-order valence-electron chi connectivity index (χ3n) is 3.38. The number of benzene rings is 2. The van der Waals surface area contributed by atoms with Gasteiger partial charge in [-0.15, -0.1) is 10.2 Å². The van der Waals surface area contributed by atoms with E-state index in [0.717, 1.165) is 11.3 Å². The van der Waals surface area contributed by atoms with E-state index in [0.29, 0.717) is 16.1 Å². The van der Waals surface area contributed by atoms with Crippen molar-refractivity contribution in [1.82, 2.24) is 14.9 Å². The summed E-state index contributed by atoms with van der Waals surface area (Å²) in [6.07, 6.45) is 1.64. The van der Waals surface area contributed by atoms with Crippen LogP contribution in [-0.4, -0.2) is 21.1 Å². The minimum Gasteiger partial charge on any atom is -0.334 e. The topological polar surface area (TPSA) is 81.1 Å². The summed E-state index contributed by atoms with van der Waals surface area (Å²) in [5, 5.41) is 13.5. The molecule has 2 aromatic carbocycles. The van der Waals surface area contributed by atoms with Gasteiger partial charge in [0, 0.05) is 10.8 Å². The van der Waals surface area contributed by atoms with Crippen molar-refractivity contribution in [3.63, 3.8) is 0 Å². The molecule has 1 heterocycles. The summed E-state index contributed by atoms with van der Waals surface area (Å²) in [6.45, 7) is 2.06. The Morgan fingerprint density at radius 1 is 1.24 bits per heavy atom. The summed E-state index contributed by atoms with van der Waals surface area (Å²) in [6, 6.07) is 15.7. The van der Waals surface area contributed by atoms with Gasteiger partial charge in [0.2, 0.25) is 5.16 Å². The van der Waals surface area contributed by atoms with Crippen LogP contribution in [0.1, 0.15) is 16.7 Å². The van der Waals surface area contributed by atoms with Crippen LogP contribution in [0.4, 0.5) is 5.95 Å². The summed E-state index contributed by atoms with van der Waals surface area (Å²) in [5.74, 6) is 7.14. The van der Waals surface area contributed by atoms with Crippen LogP contribution < -0.4 is 11.3 Å². The number of hydrogen-bond acceptors (Lipinski definition) is 6. The van der Waals surface area contributed by atoms with Crippen molar-refractivity contribution in [3.05, 3.63) is 70.2 Å². The van der Waals surface area contributed by atoms with Crippen molar-refractivity contribution in [1.29, 1.82) is 0 Å². The summed E-state index contributed by atoms with van der Waals surface area (Å²) in [4.78, 5) is 0. The third kappa shape index (κ3) is 4.74. The fourth-order valence-corrected chi connectivity index (χ4v) is 3.05. The van der Waals surface area contributed by atoms with E-state index in [9.17, 15) is 0 Å². The molecule has 6 nitrogen and oxygen atoms in total. The lowest BCUT2D eigenvalue weighted by Gasteiger charge is -2.03. The molecule has 0 unspecified atom stereocenters. The molecular formula is C17H17ClN6S. The van der Waals surface area contributed by atoms with Crippen molar-refractivity contribution in [3.8, 4) is 0 Å². The minimum atomic E-state index is 0.365. The zero-order chi connectivity index (χ0) is 17.6. The zero-order valence-electron chi connectivity index (χ0n) is 13.6. The lowest BCUT2D eigenvalue weighted by atomic mass is 10.2. The number of thioether (sulfide) groups is 1. The second kappa shape index (κ2) is 8.04. The Morgan fingerprint density at radius 3 is 2.80 bits per heavy atom. The lowest BCUT2D eigenvalue weighted by Crippen LogP contribution is -2.13. The molecule has 1 aromatic heterocycles. The average molecular weight is 373 g/mol. The van der Waals surface area contributed by atoms with Gasteiger partial charge in [-0.2, -0.15) is 5.10 Å². The van der Waals surface area contributed by atoms with Crippen LogP contribution in [0.2, 0.25) is 5.02 Å². The predicted molar refractivity (Wildman–Crippen MR) is 104 cm³/mol. The smallest absolute Gasteiger partial charge is 0.264 e. The molecule has 0 radical (unpaired) electrons. The minimum absolute atomic E-state index is 0.365. The van der Waals surface area contributed by atoms with Gasteiger partial charge in [0.15, 0.2) is 0 Å². The third-order valence-corrected chi connectivity index (χ3v) is 4.63. The van der Waals surface area contributed by atoms with Crippen LogP contribution in [0, 0.1) is 6.92 Å². The van der Waals surface area contributed by atoms with E-state index in [-0.39, 0.29) is 0 Å². The molecule has 0 bridgehead atoms. The SMILES string of the molecule is Cc1ccc(CSc2nnc(N/N=C/c3cccc(Cl)c3)n2N)cc1. The average Bonchev–Trinajstić information content (AvgIpc) is 2.95. The van der Waals surface area contributed by atoms with Gasteiger partial charge in [0.1, 0.15) is 0 Å². The van der Waals surface area contributed by atoms with Gasteiger partial charge in [-0.1, -0.05) is 65.3 Å². The number of halogens is 1. The van der Waals surface area contributed by atoms with Crippen LogP contribution in [0.5, 0.6) is 0 Å². The molecule has 0 saturated carbocycles. The first-order chi connectivity index (χ1) is 12.1. The fourth-order valence-electron chi connectivity index (χ4n) is 2.04. The Balaban J connectivity index is 1.60. The predicted octanol–water partition coefficient (Wildman–Crippen LogP) is 3.69. The Hall–Kier alpha value is -2.51. The highest BCUT2D eigenvalue weighted by atomic mass is 35.5. The molecule has 0 atom stereocenters. The number of aromatic nitrogens is 3. The van der Waals surface area contributed by atoms with Gasteiger partial charge < -0.3 is 5.84 Å². The molecule has 8 heteroatoms. The van der Waals surface area contributed by atoms with Gasteiger partial charge in [-0.05, 0) is 30.2 Å². The zero-order valence-corrected chi connectivity index (χ0v) is 15.1. The van der Waals surface area contributed by atoms with Gasteiger partial charge in [-0.3, -0.25) is 0 Å². The van der Waals surface area contributed by atoms with E-state index in [1.54, 1.807) is 12.3 Å². The van der Waals surface area contributed by atoms with E-state index >= 15 is 0 Å². The van der Waals surface area contributed by atoms with E-state index < -0.39 is 0 Å². The summed E-state index contributed by atoms with van der Waals surface area (Å²) >= 11 is 7.45. The first kappa shape index (κ1) is 17.3. The van der Waals surface area contributed by atoms with Crippen LogP contribution >= 0.6 is 23.4 Å². The Labute approximate surface area is 155 Å². The van der Waals surface area contributed by atoms with E-state index in [4.69, 9.17) is 17.4 Å². The largest absolute Gasteiger partial charge is 0.334 e. The lowest BCUT2D eigenvalue weighted by molar-refractivity contribution is 0.847. The number of aryl methyl sites for hydroxylation is 1. The number of rotatable bonds is 6. The highest BCUT2D eigenvalue weighted by molar-refractivity contribution is 7.98. The van der Waals surface area contributed by atoms with Gasteiger partial charge in [-0.25, -0.2) is 10.1 Å². The molecule has 0 aliphatic heterocycles. The molecule has 0 aliphatic rings. The number of nitrogens with two attached hydrogens (primary N) is 1. The van der Waals surface area contributed by atoms with E-state index in [2.05, 4.69) is 51.9 Å². The summed E-state index contributed by atoms with van der Waals surface area (Å²) in [7, 11) is 0. The Morgan fingerprint density at radius 2 is 2.04 bits per heavy atom. The molecule has 3 N–H and O–H groups in total. The normalized spacial score (nSPS) is 11.1. The molecule has 3 aromatic rings. The van der Waals surface area contributed by atoms with Gasteiger partial charge in [0.05, 0.1) is 6.21 Å². The van der Waals surface area contributed by atoms with Gasteiger partial charge in [0.25, 0.3) is 5.95 Å². The second-order valence-corrected chi connectivity index (χ2v) is 6.75. The quantitative estimate of drug-likeness (QED) is 0.298. The molecule has 0 spiro atoms. The molecule has 0 saturated heterocycles. The fraction of sp³-hybridized carbons (Fsp3) is 0.118. The summed E-state index contributed by atoms with van der Waals surface area (Å²) < 4.78 is 1.38. The number of nitrogen functional groups attached to an aromatic ring is 1. The van der Waals surface area contributed by atoms with Crippen LogP contribution in [-0.2, 0) is 5.75 Å². The van der Waals surface area contributed by atoms with Gasteiger partial charge >= 0.3 is 0 Å². The molecule has 0 amide bonds. The number of nitrogens with zero attached hydrogens (tertiary/aromatic N) is 4. The molecule has 128 valence electrons. The van der Waals surface area contributed by atoms with Crippen molar-refractivity contribution in [2.45, 2.75) is 17.8 Å². The van der Waals surface area contributed by atoms with Crippen LogP contribution in [0.15, 0.2) is 58.8 Å². The highest BCUT2D eigenvalue weighted by Crippen LogP contribution is 2.21. The maximum Gasteiger partial charge on any atom is 0.264 e. The van der Waals surface area contributed by atoms with E-state index in [1.165, 1.54) is 27.6 Å². The molecule has 3 rings (SSSR count).